The van der Waals surface area contributed by atoms with Crippen LogP contribution in [-0.2, 0) is 4.79 Å². The largest absolute Gasteiger partial charge is 0.356 e. The summed E-state index contributed by atoms with van der Waals surface area (Å²) in [5.74, 6) is 0.510. The van der Waals surface area contributed by atoms with Gasteiger partial charge in [-0.2, -0.15) is 0 Å². The maximum Gasteiger partial charge on any atom is 0.224 e. The van der Waals surface area contributed by atoms with Gasteiger partial charge in [-0.05, 0) is 45.7 Å². The lowest BCUT2D eigenvalue weighted by atomic mass is 9.90. The van der Waals surface area contributed by atoms with E-state index in [1.807, 2.05) is 0 Å². The van der Waals surface area contributed by atoms with Crippen LogP contribution < -0.4 is 5.32 Å². The number of nitrogens with one attached hydrogen (secondary N) is 1. The van der Waals surface area contributed by atoms with Gasteiger partial charge in [0, 0.05) is 12.6 Å². The normalized spacial score (nSPS) is 31.0. The van der Waals surface area contributed by atoms with Gasteiger partial charge in [0.05, 0.1) is 5.92 Å². The SMILES string of the molecule is CC(C1CCCNC1=O)N1CCCCC1. The monoisotopic (exact) mass is 210 g/mol. The molecular weight excluding hydrogens is 188 g/mol. The third kappa shape index (κ3) is 2.51. The minimum Gasteiger partial charge on any atom is -0.356 e. The Hall–Kier alpha value is -0.570. The second-order valence-electron chi connectivity index (χ2n) is 4.88. The average Bonchev–Trinajstić information content (AvgIpc) is 2.30. The van der Waals surface area contributed by atoms with Crippen molar-refractivity contribution in [3.63, 3.8) is 0 Å². The van der Waals surface area contributed by atoms with E-state index in [2.05, 4.69) is 17.1 Å². The van der Waals surface area contributed by atoms with E-state index in [9.17, 15) is 4.79 Å². The van der Waals surface area contributed by atoms with Crippen LogP contribution >= 0.6 is 0 Å². The molecule has 0 aromatic heterocycles. The van der Waals surface area contributed by atoms with E-state index in [4.69, 9.17) is 0 Å². The molecule has 0 aliphatic carbocycles. The van der Waals surface area contributed by atoms with Crippen molar-refractivity contribution in [1.82, 2.24) is 10.2 Å². The molecule has 2 rings (SSSR count). The second-order valence-corrected chi connectivity index (χ2v) is 4.88. The molecule has 86 valence electrons. The molecule has 1 N–H and O–H groups in total. The fraction of sp³-hybridized carbons (Fsp3) is 0.917. The second kappa shape index (κ2) is 4.97. The van der Waals surface area contributed by atoms with Crippen molar-refractivity contribution in [1.29, 1.82) is 0 Å². The van der Waals surface area contributed by atoms with Crippen molar-refractivity contribution in [2.75, 3.05) is 19.6 Å². The predicted molar refractivity (Wildman–Crippen MR) is 60.6 cm³/mol. The van der Waals surface area contributed by atoms with Gasteiger partial charge in [-0.25, -0.2) is 0 Å². The molecule has 3 nitrogen and oxygen atoms in total. The fourth-order valence-electron chi connectivity index (χ4n) is 2.84. The molecule has 2 unspecified atom stereocenters. The summed E-state index contributed by atoms with van der Waals surface area (Å²) in [4.78, 5) is 14.2. The van der Waals surface area contributed by atoms with Gasteiger partial charge >= 0.3 is 0 Å². The van der Waals surface area contributed by atoms with Gasteiger partial charge in [0.2, 0.25) is 5.91 Å². The Bertz CT molecular complexity index is 224. The van der Waals surface area contributed by atoms with E-state index < -0.39 is 0 Å². The Morgan fingerprint density at radius 2 is 2.00 bits per heavy atom. The van der Waals surface area contributed by atoms with E-state index in [0.717, 1.165) is 19.4 Å². The molecule has 0 saturated carbocycles. The first-order valence-electron chi connectivity index (χ1n) is 6.31. The van der Waals surface area contributed by atoms with Crippen LogP contribution in [0.2, 0.25) is 0 Å². The van der Waals surface area contributed by atoms with Gasteiger partial charge in [0.15, 0.2) is 0 Å². The molecule has 3 heteroatoms. The molecule has 2 heterocycles. The van der Waals surface area contributed by atoms with Gasteiger partial charge in [0.1, 0.15) is 0 Å². The number of hydrogen-bond donors (Lipinski definition) is 1. The van der Waals surface area contributed by atoms with Crippen LogP contribution in [0.3, 0.4) is 0 Å². The molecule has 0 spiro atoms. The third-order valence-electron chi connectivity index (χ3n) is 3.88. The maximum atomic E-state index is 11.7. The van der Waals surface area contributed by atoms with Crippen molar-refractivity contribution >= 4 is 5.91 Å². The topological polar surface area (TPSA) is 32.3 Å². The van der Waals surface area contributed by atoms with E-state index in [1.54, 1.807) is 0 Å². The standard InChI is InChI=1S/C12H22N2O/c1-10(14-8-3-2-4-9-14)11-6-5-7-13-12(11)15/h10-11H,2-9H2,1H3,(H,13,15). The van der Waals surface area contributed by atoms with Crippen molar-refractivity contribution in [3.8, 4) is 0 Å². The lowest BCUT2D eigenvalue weighted by molar-refractivity contribution is -0.129. The number of nitrogens with zero attached hydrogens (tertiary/aromatic N) is 1. The van der Waals surface area contributed by atoms with Gasteiger partial charge < -0.3 is 5.32 Å². The van der Waals surface area contributed by atoms with E-state index >= 15 is 0 Å². The first kappa shape index (κ1) is 10.9. The zero-order valence-corrected chi connectivity index (χ0v) is 9.67. The minimum absolute atomic E-state index is 0.233. The molecule has 0 aromatic rings. The van der Waals surface area contributed by atoms with E-state index in [0.29, 0.717) is 6.04 Å². The minimum atomic E-state index is 0.233. The summed E-state index contributed by atoms with van der Waals surface area (Å²) in [5.41, 5.74) is 0. The summed E-state index contributed by atoms with van der Waals surface area (Å²) < 4.78 is 0. The van der Waals surface area contributed by atoms with Crippen molar-refractivity contribution in [2.24, 2.45) is 5.92 Å². The smallest absolute Gasteiger partial charge is 0.224 e. The zero-order chi connectivity index (χ0) is 10.7. The lowest BCUT2D eigenvalue weighted by Crippen LogP contribution is -2.49. The number of carbonyl (C=O) groups excluding carboxylic acids is 1. The average molecular weight is 210 g/mol. The first-order chi connectivity index (χ1) is 7.29. The molecule has 15 heavy (non-hydrogen) atoms. The Labute approximate surface area is 92.2 Å². The molecule has 0 radical (unpaired) electrons. The summed E-state index contributed by atoms with van der Waals surface area (Å²) in [7, 11) is 0. The summed E-state index contributed by atoms with van der Waals surface area (Å²) in [6.07, 6.45) is 6.19. The Balaban J connectivity index is 1.92. The van der Waals surface area contributed by atoms with Crippen molar-refractivity contribution < 1.29 is 4.79 Å². The number of likely N-dealkylation sites (tertiary alicyclic amines) is 1. The Morgan fingerprint density at radius 1 is 1.27 bits per heavy atom. The summed E-state index contributed by atoms with van der Waals surface area (Å²) in [6.45, 7) is 5.47. The molecule has 2 fully saturated rings. The molecular formula is C12H22N2O. The number of carbonyl (C=O) groups is 1. The number of rotatable bonds is 2. The molecule has 0 aromatic carbocycles. The first-order valence-corrected chi connectivity index (χ1v) is 6.31. The molecule has 2 aliphatic heterocycles. The van der Waals surface area contributed by atoms with Crippen LogP contribution in [0.1, 0.15) is 39.0 Å². The zero-order valence-electron chi connectivity index (χ0n) is 9.67. The van der Waals surface area contributed by atoms with E-state index in [-0.39, 0.29) is 11.8 Å². The van der Waals surface area contributed by atoms with Gasteiger partial charge in [-0.1, -0.05) is 6.42 Å². The van der Waals surface area contributed by atoms with Crippen LogP contribution in [0, 0.1) is 5.92 Å². The predicted octanol–water partition coefficient (Wildman–Crippen LogP) is 1.39. The summed E-state index contributed by atoms with van der Waals surface area (Å²) >= 11 is 0. The number of piperidine rings is 2. The van der Waals surface area contributed by atoms with Gasteiger partial charge in [-0.3, -0.25) is 9.69 Å². The summed E-state index contributed by atoms with van der Waals surface area (Å²) in [5, 5.41) is 2.99. The molecule has 1 amide bonds. The molecule has 2 aliphatic rings. The highest BCUT2D eigenvalue weighted by Crippen LogP contribution is 2.22. The lowest BCUT2D eigenvalue weighted by Gasteiger charge is -2.37. The van der Waals surface area contributed by atoms with Gasteiger partial charge in [-0.15, -0.1) is 0 Å². The number of hydrogen-bond acceptors (Lipinski definition) is 2. The van der Waals surface area contributed by atoms with E-state index in [1.165, 1.54) is 32.4 Å². The van der Waals surface area contributed by atoms with Crippen LogP contribution in [0.25, 0.3) is 0 Å². The molecule has 0 bridgehead atoms. The van der Waals surface area contributed by atoms with Crippen LogP contribution in [0.5, 0.6) is 0 Å². The van der Waals surface area contributed by atoms with Crippen LogP contribution in [0.4, 0.5) is 0 Å². The maximum absolute atomic E-state index is 11.7. The van der Waals surface area contributed by atoms with Gasteiger partial charge in [0.25, 0.3) is 0 Å². The third-order valence-corrected chi connectivity index (χ3v) is 3.88. The van der Waals surface area contributed by atoms with Crippen molar-refractivity contribution in [2.45, 2.75) is 45.1 Å². The fourth-order valence-corrected chi connectivity index (χ4v) is 2.84. The number of amides is 1. The molecule has 2 atom stereocenters. The molecule has 2 saturated heterocycles. The Kier molecular flexibility index (Phi) is 3.62. The highest BCUT2D eigenvalue weighted by Gasteiger charge is 2.31. The quantitative estimate of drug-likeness (QED) is 0.747. The highest BCUT2D eigenvalue weighted by molar-refractivity contribution is 5.79. The van der Waals surface area contributed by atoms with Crippen molar-refractivity contribution in [3.05, 3.63) is 0 Å². The van der Waals surface area contributed by atoms with Crippen LogP contribution in [0.15, 0.2) is 0 Å². The summed E-state index contributed by atoms with van der Waals surface area (Å²) in [6, 6.07) is 0.436. The highest BCUT2D eigenvalue weighted by atomic mass is 16.2. The Morgan fingerprint density at radius 3 is 2.67 bits per heavy atom. The van der Waals surface area contributed by atoms with Crippen LogP contribution in [-0.4, -0.2) is 36.5 Å².